The highest BCUT2D eigenvalue weighted by molar-refractivity contribution is 8.26. The van der Waals surface area contributed by atoms with Gasteiger partial charge in [-0.15, -0.1) is 0 Å². The van der Waals surface area contributed by atoms with Gasteiger partial charge in [-0.25, -0.2) is 0 Å². The van der Waals surface area contributed by atoms with Crippen molar-refractivity contribution >= 4 is 46.1 Å². The zero-order chi connectivity index (χ0) is 24.2. The molecule has 4 rings (SSSR count). The predicted molar refractivity (Wildman–Crippen MR) is 138 cm³/mol. The molecule has 1 atom stereocenters. The second-order valence-electron chi connectivity index (χ2n) is 8.19. The zero-order valence-corrected chi connectivity index (χ0v) is 20.8. The van der Waals surface area contributed by atoms with E-state index in [9.17, 15) is 14.9 Å². The molecule has 0 radical (unpaired) electrons. The van der Waals surface area contributed by atoms with Crippen LogP contribution in [0.15, 0.2) is 40.0 Å². The Balaban J connectivity index is 1.74. The van der Waals surface area contributed by atoms with E-state index in [-0.39, 0.29) is 23.1 Å². The Morgan fingerprint density at radius 3 is 2.74 bits per heavy atom. The standard InChI is InChI=1S/C25H26N4O3S2/c1-3-28-22(27-14-17-8-5-4-6-9-17)19(16(2)20(13-26)23(28)30)12-21-24(31)29(25(33)34-21)15-18-10-7-11-32-18/h4-6,8-9,12,18,27H,3,7,10-11,14-15H2,1-2H3/b21-12+. The molecule has 1 unspecified atom stereocenters. The van der Waals surface area contributed by atoms with Crippen LogP contribution in [-0.2, 0) is 22.6 Å². The van der Waals surface area contributed by atoms with Crippen LogP contribution in [0.4, 0.5) is 5.82 Å². The van der Waals surface area contributed by atoms with Crippen LogP contribution in [0.5, 0.6) is 0 Å². The van der Waals surface area contributed by atoms with E-state index in [0.29, 0.717) is 52.4 Å². The molecule has 1 N–H and O–H groups in total. The number of nitrogens with zero attached hydrogens (tertiary/aromatic N) is 3. The maximum atomic E-state index is 13.2. The van der Waals surface area contributed by atoms with Gasteiger partial charge in [0.25, 0.3) is 11.5 Å². The summed E-state index contributed by atoms with van der Waals surface area (Å²) in [5, 5.41) is 13.1. The van der Waals surface area contributed by atoms with Crippen molar-refractivity contribution in [3.63, 3.8) is 0 Å². The molecule has 2 aliphatic heterocycles. The largest absolute Gasteiger partial charge is 0.376 e. The van der Waals surface area contributed by atoms with E-state index in [1.54, 1.807) is 22.5 Å². The molecule has 2 aliphatic rings. The number of anilines is 1. The Kier molecular flexibility index (Phi) is 7.51. The Morgan fingerprint density at radius 2 is 2.09 bits per heavy atom. The highest BCUT2D eigenvalue weighted by atomic mass is 32.2. The van der Waals surface area contributed by atoms with Gasteiger partial charge in [-0.3, -0.25) is 19.1 Å². The van der Waals surface area contributed by atoms with Gasteiger partial charge in [0.1, 0.15) is 21.8 Å². The molecule has 2 aromatic rings. The van der Waals surface area contributed by atoms with Crippen molar-refractivity contribution in [1.29, 1.82) is 5.26 Å². The number of thiocarbonyl (C=S) groups is 1. The van der Waals surface area contributed by atoms with Gasteiger partial charge in [0.15, 0.2) is 0 Å². The molecule has 0 spiro atoms. The molecule has 1 aromatic carbocycles. The Hall–Kier alpha value is -2.93. The van der Waals surface area contributed by atoms with E-state index in [0.717, 1.165) is 18.4 Å². The maximum Gasteiger partial charge on any atom is 0.270 e. The molecule has 34 heavy (non-hydrogen) atoms. The minimum absolute atomic E-state index is 0.00104. The van der Waals surface area contributed by atoms with E-state index in [1.807, 2.05) is 43.3 Å². The lowest BCUT2D eigenvalue weighted by Crippen LogP contribution is -2.35. The lowest BCUT2D eigenvalue weighted by Gasteiger charge is -2.20. The average molecular weight is 495 g/mol. The van der Waals surface area contributed by atoms with Crippen LogP contribution in [0.25, 0.3) is 6.08 Å². The minimum atomic E-state index is -0.346. The fourth-order valence-corrected chi connectivity index (χ4v) is 5.47. The van der Waals surface area contributed by atoms with Gasteiger partial charge in [-0.05, 0) is 43.9 Å². The quantitative estimate of drug-likeness (QED) is 0.459. The molecule has 1 amide bonds. The van der Waals surface area contributed by atoms with Gasteiger partial charge >= 0.3 is 0 Å². The first-order chi connectivity index (χ1) is 16.4. The van der Waals surface area contributed by atoms with Crippen molar-refractivity contribution in [3.05, 3.63) is 67.8 Å². The van der Waals surface area contributed by atoms with E-state index < -0.39 is 0 Å². The molecule has 0 bridgehead atoms. The van der Waals surface area contributed by atoms with Crippen molar-refractivity contribution in [2.45, 2.75) is 45.9 Å². The highest BCUT2D eigenvalue weighted by Gasteiger charge is 2.35. The summed E-state index contributed by atoms with van der Waals surface area (Å²) in [7, 11) is 0. The molecule has 2 saturated heterocycles. The van der Waals surface area contributed by atoms with Crippen molar-refractivity contribution in [2.24, 2.45) is 0 Å². The van der Waals surface area contributed by atoms with Crippen LogP contribution in [0.3, 0.4) is 0 Å². The van der Waals surface area contributed by atoms with E-state index in [1.165, 1.54) is 11.8 Å². The number of ether oxygens (including phenoxy) is 1. The van der Waals surface area contributed by atoms with Crippen molar-refractivity contribution in [1.82, 2.24) is 9.47 Å². The lowest BCUT2D eigenvalue weighted by molar-refractivity contribution is -0.123. The molecule has 0 aliphatic carbocycles. The molecule has 3 heterocycles. The van der Waals surface area contributed by atoms with Crippen LogP contribution in [0.1, 0.15) is 42.0 Å². The van der Waals surface area contributed by atoms with Gasteiger partial charge in [0, 0.05) is 25.3 Å². The second kappa shape index (κ2) is 10.6. The zero-order valence-electron chi connectivity index (χ0n) is 19.2. The third-order valence-corrected chi connectivity index (χ3v) is 7.43. The molecule has 0 saturated carbocycles. The summed E-state index contributed by atoms with van der Waals surface area (Å²) >= 11 is 6.73. The van der Waals surface area contributed by atoms with E-state index >= 15 is 0 Å². The number of rotatable bonds is 7. The number of nitriles is 1. The summed E-state index contributed by atoms with van der Waals surface area (Å²) in [6, 6.07) is 11.9. The number of nitrogens with one attached hydrogen (secondary N) is 1. The molecular weight excluding hydrogens is 468 g/mol. The third-order valence-electron chi connectivity index (χ3n) is 6.05. The number of hydrogen-bond donors (Lipinski definition) is 1. The van der Waals surface area contributed by atoms with Gasteiger partial charge in [0.2, 0.25) is 0 Å². The average Bonchev–Trinajstić information content (AvgIpc) is 3.44. The summed E-state index contributed by atoms with van der Waals surface area (Å²) in [5.41, 5.74) is 1.96. The lowest BCUT2D eigenvalue weighted by atomic mass is 10.0. The Bertz CT molecular complexity index is 1240. The number of pyridine rings is 1. The fourth-order valence-electron chi connectivity index (χ4n) is 4.22. The van der Waals surface area contributed by atoms with Gasteiger partial charge in [-0.1, -0.05) is 54.3 Å². The first kappa shape index (κ1) is 24.2. The van der Waals surface area contributed by atoms with Crippen molar-refractivity contribution in [2.75, 3.05) is 18.5 Å². The molecular formula is C25H26N4O3S2. The number of hydrogen-bond acceptors (Lipinski definition) is 7. The number of aromatic nitrogens is 1. The number of carbonyl (C=O) groups excluding carboxylic acids is 1. The Morgan fingerprint density at radius 1 is 1.32 bits per heavy atom. The smallest absolute Gasteiger partial charge is 0.270 e. The SMILES string of the molecule is CCn1c(NCc2ccccc2)c(/C=C2/SC(=S)N(CC3CCCO3)C2=O)c(C)c(C#N)c1=O. The molecule has 9 heteroatoms. The van der Waals surface area contributed by atoms with Crippen LogP contribution >= 0.6 is 24.0 Å². The molecule has 2 fully saturated rings. The Labute approximate surface area is 208 Å². The topological polar surface area (TPSA) is 87.4 Å². The third kappa shape index (κ3) is 4.80. The van der Waals surface area contributed by atoms with Crippen molar-refractivity contribution in [3.8, 4) is 6.07 Å². The number of amides is 1. The van der Waals surface area contributed by atoms with E-state index in [2.05, 4.69) is 5.32 Å². The summed E-state index contributed by atoms with van der Waals surface area (Å²) in [6.45, 7) is 5.62. The highest BCUT2D eigenvalue weighted by Crippen LogP contribution is 2.35. The number of thioether (sulfide) groups is 1. The summed E-state index contributed by atoms with van der Waals surface area (Å²) < 4.78 is 7.73. The first-order valence-corrected chi connectivity index (χ1v) is 12.5. The van der Waals surface area contributed by atoms with Crippen LogP contribution in [0, 0.1) is 18.3 Å². The minimum Gasteiger partial charge on any atom is -0.376 e. The number of carbonyl (C=O) groups is 1. The second-order valence-corrected chi connectivity index (χ2v) is 9.87. The van der Waals surface area contributed by atoms with Gasteiger partial charge in [-0.2, -0.15) is 5.26 Å². The summed E-state index contributed by atoms with van der Waals surface area (Å²) in [6.07, 6.45) is 3.65. The van der Waals surface area contributed by atoms with Crippen LogP contribution in [0.2, 0.25) is 0 Å². The van der Waals surface area contributed by atoms with E-state index in [4.69, 9.17) is 17.0 Å². The number of benzene rings is 1. The van der Waals surface area contributed by atoms with Gasteiger partial charge < -0.3 is 10.1 Å². The first-order valence-electron chi connectivity index (χ1n) is 11.3. The van der Waals surface area contributed by atoms with Crippen LogP contribution < -0.4 is 10.9 Å². The van der Waals surface area contributed by atoms with Crippen LogP contribution in [-0.4, -0.2) is 39.0 Å². The molecule has 7 nitrogen and oxygen atoms in total. The van der Waals surface area contributed by atoms with Gasteiger partial charge in [0.05, 0.1) is 17.6 Å². The fraction of sp³-hybridized carbons (Fsp3) is 0.360. The summed E-state index contributed by atoms with van der Waals surface area (Å²) in [5.74, 6) is 0.406. The normalized spacial score (nSPS) is 19.1. The predicted octanol–water partition coefficient (Wildman–Crippen LogP) is 4.04. The van der Waals surface area contributed by atoms with Crippen molar-refractivity contribution < 1.29 is 9.53 Å². The molecule has 1 aromatic heterocycles. The summed E-state index contributed by atoms with van der Waals surface area (Å²) in [4.78, 5) is 28.3. The maximum absolute atomic E-state index is 13.2. The molecule has 176 valence electrons. The monoisotopic (exact) mass is 494 g/mol.